The molecule has 0 unspecified atom stereocenters. The van der Waals surface area contributed by atoms with Crippen LogP contribution in [0.3, 0.4) is 0 Å². The van der Waals surface area contributed by atoms with Gasteiger partial charge in [-0.2, -0.15) is 0 Å². The first-order valence-electron chi connectivity index (χ1n) is 5.21. The highest BCUT2D eigenvalue weighted by Crippen LogP contribution is 2.26. The molecule has 0 fully saturated rings. The van der Waals surface area contributed by atoms with Gasteiger partial charge in [0.1, 0.15) is 6.20 Å². The zero-order chi connectivity index (χ0) is 12.9. The minimum atomic E-state index is -0.715. The van der Waals surface area contributed by atoms with Gasteiger partial charge in [0.05, 0.1) is 17.7 Å². The van der Waals surface area contributed by atoms with E-state index in [-0.39, 0.29) is 5.65 Å². The molecule has 90 valence electrons. The highest BCUT2D eigenvalue weighted by Gasteiger charge is 2.23. The number of fused-ring (bicyclic) bond motifs is 3. The highest BCUT2D eigenvalue weighted by atomic mass is 16.6. The molecule has 0 amide bonds. The molecule has 0 atom stereocenters. The van der Waals surface area contributed by atoms with Crippen molar-refractivity contribution in [2.24, 2.45) is 7.05 Å². The predicted molar refractivity (Wildman–Crippen MR) is 60.0 cm³/mol. The summed E-state index contributed by atoms with van der Waals surface area (Å²) in [6.07, 6.45) is 0.988. The van der Waals surface area contributed by atoms with Crippen molar-refractivity contribution in [3.05, 3.63) is 40.6 Å². The molecular formula is C11H8N4O3. The van der Waals surface area contributed by atoms with Crippen LogP contribution >= 0.6 is 0 Å². The van der Waals surface area contributed by atoms with Crippen molar-refractivity contribution in [2.45, 2.75) is 0 Å². The first kappa shape index (κ1) is 10.5. The minimum absolute atomic E-state index is 0.186. The minimum Gasteiger partial charge on any atom is -0.862 e. The standard InChI is InChI=1S/C11H8N4O3/c1-13-7-4-2-3-5-8(7)14-11(13)10(16)9(6-12-14)15(17)18/h2-6H,1H3. The molecule has 2 heterocycles. The lowest BCUT2D eigenvalue weighted by Gasteiger charge is -2.03. The number of aromatic nitrogens is 3. The summed E-state index contributed by atoms with van der Waals surface area (Å²) in [4.78, 5) is 10.0. The first-order chi connectivity index (χ1) is 8.61. The van der Waals surface area contributed by atoms with Gasteiger partial charge in [0.25, 0.3) is 5.69 Å². The van der Waals surface area contributed by atoms with Crippen LogP contribution in [-0.2, 0) is 7.05 Å². The Kier molecular flexibility index (Phi) is 1.97. The number of hydrogen-bond donors (Lipinski definition) is 0. The van der Waals surface area contributed by atoms with Crippen LogP contribution in [-0.4, -0.2) is 14.5 Å². The number of nitrogens with zero attached hydrogens (tertiary/aromatic N) is 4. The van der Waals surface area contributed by atoms with Crippen molar-refractivity contribution in [3.63, 3.8) is 0 Å². The number of rotatable bonds is 1. The summed E-state index contributed by atoms with van der Waals surface area (Å²) >= 11 is 0. The zero-order valence-electron chi connectivity index (χ0n) is 9.40. The maximum absolute atomic E-state index is 12.0. The molecular weight excluding hydrogens is 236 g/mol. The molecule has 0 radical (unpaired) electrons. The lowest BCUT2D eigenvalue weighted by Crippen LogP contribution is -2.28. The Labute approximate surface area is 101 Å². The van der Waals surface area contributed by atoms with Gasteiger partial charge in [-0.15, -0.1) is 0 Å². The summed E-state index contributed by atoms with van der Waals surface area (Å²) in [6, 6.07) is 7.29. The molecule has 3 rings (SSSR count). The average Bonchev–Trinajstić information content (AvgIpc) is 2.65. The molecule has 3 aromatic rings. The summed E-state index contributed by atoms with van der Waals surface area (Å²) in [5, 5.41) is 26.7. The smallest absolute Gasteiger partial charge is 0.307 e. The molecule has 0 saturated carbocycles. The zero-order valence-corrected chi connectivity index (χ0v) is 9.40. The van der Waals surface area contributed by atoms with Crippen molar-refractivity contribution in [3.8, 4) is 5.75 Å². The molecule has 0 spiro atoms. The molecule has 7 heteroatoms. The van der Waals surface area contributed by atoms with Gasteiger partial charge in [0.2, 0.25) is 5.52 Å². The van der Waals surface area contributed by atoms with E-state index in [1.807, 2.05) is 18.2 Å². The molecule has 1 aromatic carbocycles. The van der Waals surface area contributed by atoms with E-state index < -0.39 is 16.4 Å². The Morgan fingerprint density at radius 2 is 2.11 bits per heavy atom. The molecule has 0 aliphatic heterocycles. The summed E-state index contributed by atoms with van der Waals surface area (Å²) in [5.41, 5.74) is 1.20. The average molecular weight is 244 g/mol. The number of nitro groups is 1. The molecule has 7 nitrogen and oxygen atoms in total. The van der Waals surface area contributed by atoms with Crippen LogP contribution in [0.2, 0.25) is 0 Å². The van der Waals surface area contributed by atoms with Gasteiger partial charge < -0.3 is 5.11 Å². The Hall–Kier alpha value is -2.70. The van der Waals surface area contributed by atoms with E-state index in [9.17, 15) is 15.2 Å². The highest BCUT2D eigenvalue weighted by molar-refractivity contribution is 5.77. The van der Waals surface area contributed by atoms with E-state index in [2.05, 4.69) is 5.10 Å². The summed E-state index contributed by atoms with van der Waals surface area (Å²) in [7, 11) is 1.68. The van der Waals surface area contributed by atoms with Crippen LogP contribution in [0.5, 0.6) is 5.75 Å². The molecule has 18 heavy (non-hydrogen) atoms. The second kappa shape index (κ2) is 3.39. The van der Waals surface area contributed by atoms with Gasteiger partial charge >= 0.3 is 5.65 Å². The maximum atomic E-state index is 12.0. The topological polar surface area (TPSA) is 87.4 Å². The second-order valence-corrected chi connectivity index (χ2v) is 3.90. The van der Waals surface area contributed by atoms with Gasteiger partial charge in [-0.25, -0.2) is 4.57 Å². The van der Waals surface area contributed by atoms with E-state index in [0.717, 1.165) is 17.2 Å². The Morgan fingerprint density at radius 1 is 1.39 bits per heavy atom. The fourth-order valence-corrected chi connectivity index (χ4v) is 2.08. The van der Waals surface area contributed by atoms with E-state index in [4.69, 9.17) is 0 Å². The van der Waals surface area contributed by atoms with Crippen molar-refractivity contribution < 1.29 is 14.6 Å². The van der Waals surface area contributed by atoms with E-state index in [0.29, 0.717) is 0 Å². The fourth-order valence-electron chi connectivity index (χ4n) is 2.08. The monoisotopic (exact) mass is 244 g/mol. The Bertz CT molecular complexity index is 794. The van der Waals surface area contributed by atoms with Crippen molar-refractivity contribution >= 4 is 22.4 Å². The third kappa shape index (κ3) is 1.18. The molecule has 0 aliphatic rings. The molecule has 0 N–H and O–H groups in total. The summed E-state index contributed by atoms with van der Waals surface area (Å²) in [6.45, 7) is 0. The predicted octanol–water partition coefficient (Wildman–Crippen LogP) is 0.294. The van der Waals surface area contributed by atoms with Crippen molar-refractivity contribution in [1.29, 1.82) is 0 Å². The van der Waals surface area contributed by atoms with Crippen LogP contribution in [0.15, 0.2) is 30.5 Å². The van der Waals surface area contributed by atoms with Gasteiger partial charge in [-0.1, -0.05) is 21.7 Å². The Morgan fingerprint density at radius 3 is 2.83 bits per heavy atom. The molecule has 0 bridgehead atoms. The third-order valence-electron chi connectivity index (χ3n) is 2.92. The maximum Gasteiger partial charge on any atom is 0.307 e. The van der Waals surface area contributed by atoms with E-state index >= 15 is 0 Å². The summed E-state index contributed by atoms with van der Waals surface area (Å²) < 4.78 is 3.03. The van der Waals surface area contributed by atoms with E-state index in [1.165, 1.54) is 4.52 Å². The van der Waals surface area contributed by atoms with Gasteiger partial charge in [-0.05, 0) is 12.1 Å². The SMILES string of the molecule is C[n+]1c2ccccc2n2ncc([N+](=O)[O-])c([O-])c21. The molecule has 2 aromatic heterocycles. The van der Waals surface area contributed by atoms with Gasteiger partial charge in [0, 0.05) is 0 Å². The van der Waals surface area contributed by atoms with E-state index in [1.54, 1.807) is 17.7 Å². The Balaban J connectivity index is 2.56. The van der Waals surface area contributed by atoms with Crippen LogP contribution < -0.4 is 9.67 Å². The van der Waals surface area contributed by atoms with Crippen LogP contribution in [0.25, 0.3) is 16.7 Å². The number of aryl methyl sites for hydroxylation is 1. The fraction of sp³-hybridized carbons (Fsp3) is 0.0909. The normalized spacial score (nSPS) is 11.2. The number of imidazole rings is 1. The molecule has 0 saturated heterocycles. The third-order valence-corrected chi connectivity index (χ3v) is 2.92. The van der Waals surface area contributed by atoms with Gasteiger partial charge in [-0.3, -0.25) is 10.1 Å². The van der Waals surface area contributed by atoms with Crippen LogP contribution in [0.4, 0.5) is 5.69 Å². The van der Waals surface area contributed by atoms with Gasteiger partial charge in [0.15, 0.2) is 5.52 Å². The second-order valence-electron chi connectivity index (χ2n) is 3.90. The van der Waals surface area contributed by atoms with Crippen molar-refractivity contribution in [2.75, 3.05) is 0 Å². The number of hydrogen-bond acceptors (Lipinski definition) is 4. The lowest BCUT2D eigenvalue weighted by atomic mass is 10.3. The van der Waals surface area contributed by atoms with Crippen molar-refractivity contribution in [1.82, 2.24) is 9.61 Å². The number of benzene rings is 1. The molecule has 0 aliphatic carbocycles. The summed E-state index contributed by atoms with van der Waals surface area (Å²) in [5.74, 6) is -0.631. The quantitative estimate of drug-likeness (QED) is 0.350. The number of para-hydroxylation sites is 2. The van der Waals surface area contributed by atoms with Crippen LogP contribution in [0.1, 0.15) is 0 Å². The largest absolute Gasteiger partial charge is 0.862 e. The van der Waals surface area contributed by atoms with Crippen LogP contribution in [0, 0.1) is 10.1 Å². The lowest BCUT2D eigenvalue weighted by molar-refractivity contribution is -0.620. The first-order valence-corrected chi connectivity index (χ1v) is 5.21.